The lowest BCUT2D eigenvalue weighted by Crippen LogP contribution is -2.29. The molecule has 0 radical (unpaired) electrons. The van der Waals surface area contributed by atoms with Crippen molar-refractivity contribution < 1.29 is 19.0 Å². The Balaban J connectivity index is 1.35. The molecule has 58 heavy (non-hydrogen) atoms. The lowest BCUT2D eigenvalue weighted by Gasteiger charge is -2.27. The molecule has 0 saturated heterocycles. The Morgan fingerprint density at radius 2 is 1.66 bits per heavy atom. The lowest BCUT2D eigenvalue weighted by atomic mass is 9.78. The smallest absolute Gasteiger partial charge is 0.165 e. The van der Waals surface area contributed by atoms with Crippen LogP contribution in [-0.2, 0) is 29.8 Å². The molecule has 1 aliphatic heterocycles. The third kappa shape index (κ3) is 9.51. The normalized spacial score (nSPS) is 20.4. The summed E-state index contributed by atoms with van der Waals surface area (Å²) in [6, 6.07) is 23.8. The summed E-state index contributed by atoms with van der Waals surface area (Å²) in [5.41, 5.74) is 10.8. The van der Waals surface area contributed by atoms with E-state index in [1.807, 2.05) is 19.9 Å². The van der Waals surface area contributed by atoms with Crippen molar-refractivity contribution in [2.24, 2.45) is 5.92 Å². The van der Waals surface area contributed by atoms with Gasteiger partial charge in [0, 0.05) is 68.9 Å². The fourth-order valence-corrected chi connectivity index (χ4v) is 8.58. The van der Waals surface area contributed by atoms with E-state index in [-0.39, 0.29) is 23.0 Å². The summed E-state index contributed by atoms with van der Waals surface area (Å²) < 4.78 is 17.7. The Labute approximate surface area is 348 Å². The number of aryl methyl sites for hydroxylation is 2. The average molecular weight is 781 g/mol. The van der Waals surface area contributed by atoms with E-state index in [2.05, 4.69) is 142 Å². The van der Waals surface area contributed by atoms with Crippen molar-refractivity contribution in [3.8, 4) is 0 Å². The van der Waals surface area contributed by atoms with Crippen molar-refractivity contribution in [1.29, 1.82) is 0 Å². The molecule has 0 fully saturated rings. The monoisotopic (exact) mass is 780 g/mol. The van der Waals surface area contributed by atoms with Crippen LogP contribution in [0.1, 0.15) is 94.0 Å². The first-order valence-corrected chi connectivity index (χ1v) is 21.1. The van der Waals surface area contributed by atoms with Crippen molar-refractivity contribution in [3.05, 3.63) is 165 Å². The topological polar surface area (TPSA) is 60.0 Å². The molecule has 3 aliphatic rings. The quantitative estimate of drug-likeness (QED) is 0.109. The molecule has 0 aromatic heterocycles. The Morgan fingerprint density at radius 3 is 2.40 bits per heavy atom. The van der Waals surface area contributed by atoms with Gasteiger partial charge in [-0.25, -0.2) is 0 Å². The molecule has 6 heteroatoms. The van der Waals surface area contributed by atoms with Crippen LogP contribution in [0.4, 0.5) is 11.4 Å². The molecule has 0 saturated carbocycles. The first-order chi connectivity index (χ1) is 27.8. The van der Waals surface area contributed by atoms with E-state index in [9.17, 15) is 4.79 Å². The highest BCUT2D eigenvalue weighted by atomic mass is 16.5. The number of anilines is 2. The van der Waals surface area contributed by atoms with E-state index in [1.165, 1.54) is 28.1 Å². The number of hydrogen-bond donors (Lipinski definition) is 1. The highest BCUT2D eigenvalue weighted by Crippen LogP contribution is 2.48. The number of ketones is 1. The van der Waals surface area contributed by atoms with Gasteiger partial charge in [0.05, 0.1) is 5.41 Å². The van der Waals surface area contributed by atoms with E-state index in [1.54, 1.807) is 20.3 Å². The zero-order valence-electron chi connectivity index (χ0n) is 36.3. The maximum absolute atomic E-state index is 14.2. The van der Waals surface area contributed by atoms with Gasteiger partial charge in [-0.2, -0.15) is 0 Å². The van der Waals surface area contributed by atoms with E-state index >= 15 is 0 Å². The van der Waals surface area contributed by atoms with Crippen LogP contribution >= 0.6 is 0 Å². The average Bonchev–Trinajstić information content (AvgIpc) is 3.68. The van der Waals surface area contributed by atoms with Crippen molar-refractivity contribution >= 4 is 17.2 Å². The Bertz CT molecular complexity index is 2130. The van der Waals surface area contributed by atoms with Crippen molar-refractivity contribution in [2.75, 3.05) is 50.7 Å². The van der Waals surface area contributed by atoms with Crippen LogP contribution in [0.3, 0.4) is 0 Å². The number of carbonyl (C=O) groups excluding carboxylic acids is 1. The number of carbonyl (C=O) groups is 1. The molecule has 1 heterocycles. The molecule has 2 atom stereocenters. The van der Waals surface area contributed by atoms with Gasteiger partial charge in [0.2, 0.25) is 0 Å². The maximum atomic E-state index is 14.2. The molecule has 1 N–H and O–H groups in total. The minimum Gasteiger partial charge on any atom is -0.457 e. The summed E-state index contributed by atoms with van der Waals surface area (Å²) in [5.74, 6) is 2.26. The number of rotatable bonds is 17. The van der Waals surface area contributed by atoms with E-state index in [0.717, 1.165) is 78.3 Å². The number of hydrogen-bond acceptors (Lipinski definition) is 6. The molecule has 3 aromatic carbocycles. The molecule has 0 amide bonds. The zero-order chi connectivity index (χ0) is 41.5. The number of fused-ring (bicyclic) bond motifs is 1. The third-order valence-corrected chi connectivity index (χ3v) is 12.1. The molecule has 6 rings (SSSR count). The van der Waals surface area contributed by atoms with Crippen LogP contribution in [0, 0.1) is 19.8 Å². The number of allylic oxidation sites excluding steroid dienone is 10. The van der Waals surface area contributed by atoms with Gasteiger partial charge in [0.15, 0.2) is 5.78 Å². The second-order valence-electron chi connectivity index (χ2n) is 17.2. The van der Waals surface area contributed by atoms with Crippen molar-refractivity contribution in [3.63, 3.8) is 0 Å². The SMILES string of the molecule is COCCCNc1ccc(C)cc1C(C)(C)C(=O)/C=C/C1=C(OC2=CC(C)C(c3ccccc3)C=C2)C(=C/C=C2/N(CCCOC)c3ccc(C)cc3C2(C)C)/CC1. The Kier molecular flexibility index (Phi) is 13.8. The van der Waals surface area contributed by atoms with Gasteiger partial charge in [0.25, 0.3) is 0 Å². The van der Waals surface area contributed by atoms with Crippen LogP contribution in [0.2, 0.25) is 0 Å². The standard InChI is InChI=1S/C52H64N2O4/c1-36-17-25-46(53-29-13-31-56-8)44(33-36)52(6,7)49(55)28-22-41-20-19-40(50(41)58-42-23-24-43(38(3)35-42)39-15-11-10-12-16-39)21-27-48-51(4,5)45-34-37(2)18-26-47(45)54(48)30-14-32-57-9/h10-12,15-18,21-28,33-35,38,43,53H,13-14,19-20,29-32H2,1-9H3/b28-22+,40-21+,48-27+. The van der Waals surface area contributed by atoms with Gasteiger partial charge in [-0.15, -0.1) is 0 Å². The Hall–Kier alpha value is -4.91. The molecular weight excluding hydrogens is 717 g/mol. The number of nitrogens with one attached hydrogen (secondary N) is 1. The third-order valence-electron chi connectivity index (χ3n) is 12.1. The summed E-state index contributed by atoms with van der Waals surface area (Å²) in [6.45, 7) is 18.2. The molecule has 0 bridgehead atoms. The van der Waals surface area contributed by atoms with E-state index in [4.69, 9.17) is 14.2 Å². The molecule has 306 valence electrons. The number of ether oxygens (including phenoxy) is 3. The van der Waals surface area contributed by atoms with E-state index in [0.29, 0.717) is 13.2 Å². The molecular formula is C52H64N2O4. The minimum absolute atomic E-state index is 0.0491. The fraction of sp³-hybridized carbons (Fsp3) is 0.404. The molecule has 0 spiro atoms. The van der Waals surface area contributed by atoms with Crippen LogP contribution in [-0.4, -0.2) is 46.3 Å². The summed E-state index contributed by atoms with van der Waals surface area (Å²) >= 11 is 0. The lowest BCUT2D eigenvalue weighted by molar-refractivity contribution is -0.118. The molecule has 3 aromatic rings. The van der Waals surface area contributed by atoms with Crippen LogP contribution in [0.25, 0.3) is 0 Å². The molecule has 6 nitrogen and oxygen atoms in total. The van der Waals surface area contributed by atoms with Crippen LogP contribution in [0.5, 0.6) is 0 Å². The first-order valence-electron chi connectivity index (χ1n) is 21.1. The predicted octanol–water partition coefficient (Wildman–Crippen LogP) is 11.7. The van der Waals surface area contributed by atoms with Crippen LogP contribution in [0.15, 0.2) is 138 Å². The summed E-state index contributed by atoms with van der Waals surface area (Å²) in [7, 11) is 3.49. The van der Waals surface area contributed by atoms with Gasteiger partial charge in [-0.1, -0.05) is 105 Å². The second kappa shape index (κ2) is 18.8. The Morgan fingerprint density at radius 1 is 0.931 bits per heavy atom. The number of benzene rings is 3. The summed E-state index contributed by atoms with van der Waals surface area (Å²) in [6.07, 6.45) is 18.4. The summed E-state index contributed by atoms with van der Waals surface area (Å²) in [4.78, 5) is 16.7. The van der Waals surface area contributed by atoms with E-state index < -0.39 is 5.41 Å². The highest BCUT2D eigenvalue weighted by Gasteiger charge is 2.40. The van der Waals surface area contributed by atoms with Crippen molar-refractivity contribution in [2.45, 2.75) is 90.9 Å². The van der Waals surface area contributed by atoms with Crippen molar-refractivity contribution in [1.82, 2.24) is 0 Å². The zero-order valence-corrected chi connectivity index (χ0v) is 36.3. The highest BCUT2D eigenvalue weighted by molar-refractivity contribution is 5.99. The largest absolute Gasteiger partial charge is 0.457 e. The van der Waals surface area contributed by atoms with Crippen LogP contribution < -0.4 is 10.2 Å². The number of nitrogens with zero attached hydrogens (tertiary/aromatic N) is 1. The maximum Gasteiger partial charge on any atom is 0.165 e. The molecule has 2 aliphatic carbocycles. The van der Waals surface area contributed by atoms with Gasteiger partial charge >= 0.3 is 0 Å². The second-order valence-corrected chi connectivity index (χ2v) is 17.2. The van der Waals surface area contributed by atoms with Gasteiger partial charge in [0.1, 0.15) is 11.5 Å². The molecule has 2 unspecified atom stereocenters. The number of methoxy groups -OCH3 is 2. The van der Waals surface area contributed by atoms with Gasteiger partial charge in [-0.3, -0.25) is 4.79 Å². The predicted molar refractivity (Wildman–Crippen MR) is 240 cm³/mol. The fourth-order valence-electron chi connectivity index (χ4n) is 8.58. The van der Waals surface area contributed by atoms with Gasteiger partial charge in [-0.05, 0) is 124 Å². The minimum atomic E-state index is -0.750. The summed E-state index contributed by atoms with van der Waals surface area (Å²) in [5, 5.41) is 3.56. The first kappa shape index (κ1) is 42.7. The van der Waals surface area contributed by atoms with Gasteiger partial charge < -0.3 is 24.4 Å².